The minimum atomic E-state index is -0.220. The first-order valence-corrected chi connectivity index (χ1v) is 12.4. The number of carbonyl (C=O) groups is 1. The van der Waals surface area contributed by atoms with Crippen LogP contribution in [0.5, 0.6) is 11.6 Å². The Morgan fingerprint density at radius 1 is 0.842 bits per heavy atom. The van der Waals surface area contributed by atoms with Gasteiger partial charge in [0.15, 0.2) is 0 Å². The first-order valence-electron chi connectivity index (χ1n) is 12.4. The number of nitrogens with zero attached hydrogens (tertiary/aromatic N) is 3. The third kappa shape index (κ3) is 5.13. The normalized spacial score (nSPS) is 10.7. The highest BCUT2D eigenvalue weighted by Crippen LogP contribution is 2.34. The van der Waals surface area contributed by atoms with E-state index in [1.165, 1.54) is 0 Å². The average Bonchev–Trinajstić information content (AvgIpc) is 3.27. The zero-order chi connectivity index (χ0) is 26.6. The molecule has 0 atom stereocenters. The molecule has 5 rings (SSSR count). The molecule has 0 radical (unpaired) electrons. The molecule has 0 bridgehead atoms. The van der Waals surface area contributed by atoms with E-state index in [9.17, 15) is 4.79 Å². The molecule has 5 aromatic rings. The number of aromatic nitrogens is 3. The predicted molar refractivity (Wildman–Crippen MR) is 151 cm³/mol. The van der Waals surface area contributed by atoms with Crippen LogP contribution in [-0.2, 0) is 0 Å². The minimum absolute atomic E-state index is 0.220. The summed E-state index contributed by atoms with van der Waals surface area (Å²) >= 11 is 0. The van der Waals surface area contributed by atoms with Crippen LogP contribution < -0.4 is 15.4 Å². The molecule has 0 fully saturated rings. The van der Waals surface area contributed by atoms with Crippen LogP contribution in [0.1, 0.15) is 27.3 Å². The highest BCUT2D eigenvalue weighted by Gasteiger charge is 2.14. The second-order valence-corrected chi connectivity index (χ2v) is 9.07. The SMILES string of the molecule is CNc1cc(-c2cccnc2Oc2cc(C(=O)Nc3cccc(-n4c(C)ccc4C)c3)ccc2C)ccn1. The van der Waals surface area contributed by atoms with E-state index < -0.39 is 0 Å². The maximum atomic E-state index is 13.2. The largest absolute Gasteiger partial charge is 0.438 e. The number of anilines is 2. The third-order valence-electron chi connectivity index (χ3n) is 6.39. The fourth-order valence-corrected chi connectivity index (χ4v) is 4.38. The van der Waals surface area contributed by atoms with Gasteiger partial charge in [0.05, 0.1) is 0 Å². The molecular weight excluding hydrogens is 474 g/mol. The van der Waals surface area contributed by atoms with Gasteiger partial charge in [0.2, 0.25) is 5.88 Å². The number of ether oxygens (including phenoxy) is 1. The molecule has 2 N–H and O–H groups in total. The van der Waals surface area contributed by atoms with Gasteiger partial charge in [-0.15, -0.1) is 0 Å². The summed E-state index contributed by atoms with van der Waals surface area (Å²) in [5.41, 5.74) is 7.11. The number of carbonyl (C=O) groups excluding carboxylic acids is 1. The molecular formula is C31H29N5O2. The summed E-state index contributed by atoms with van der Waals surface area (Å²) in [4.78, 5) is 22.0. The van der Waals surface area contributed by atoms with E-state index in [-0.39, 0.29) is 5.91 Å². The zero-order valence-corrected chi connectivity index (χ0v) is 21.8. The summed E-state index contributed by atoms with van der Waals surface area (Å²) in [5.74, 6) is 1.54. The summed E-state index contributed by atoms with van der Waals surface area (Å²) < 4.78 is 8.42. The van der Waals surface area contributed by atoms with Crippen molar-refractivity contribution in [3.05, 3.63) is 114 Å². The Bertz CT molecular complexity index is 1600. The van der Waals surface area contributed by atoms with Gasteiger partial charge in [-0.05, 0) is 98.6 Å². The number of nitrogens with one attached hydrogen (secondary N) is 2. The van der Waals surface area contributed by atoms with E-state index in [0.29, 0.717) is 22.9 Å². The number of hydrogen-bond donors (Lipinski definition) is 2. The lowest BCUT2D eigenvalue weighted by Crippen LogP contribution is -2.12. The van der Waals surface area contributed by atoms with Gasteiger partial charge in [-0.2, -0.15) is 0 Å². The van der Waals surface area contributed by atoms with Crippen LogP contribution in [0.15, 0.2) is 91.3 Å². The Morgan fingerprint density at radius 2 is 1.66 bits per heavy atom. The van der Waals surface area contributed by atoms with Crippen molar-refractivity contribution in [2.75, 3.05) is 17.7 Å². The molecule has 1 amide bonds. The predicted octanol–water partition coefficient (Wildman–Crippen LogP) is 6.95. The fraction of sp³-hybridized carbons (Fsp3) is 0.129. The van der Waals surface area contributed by atoms with E-state index in [2.05, 4.69) is 51.1 Å². The monoisotopic (exact) mass is 503 g/mol. The average molecular weight is 504 g/mol. The van der Waals surface area contributed by atoms with E-state index in [1.54, 1.807) is 24.5 Å². The highest BCUT2D eigenvalue weighted by molar-refractivity contribution is 6.04. The molecule has 7 heteroatoms. The van der Waals surface area contributed by atoms with E-state index >= 15 is 0 Å². The number of hydrogen-bond acceptors (Lipinski definition) is 5. The smallest absolute Gasteiger partial charge is 0.255 e. The zero-order valence-electron chi connectivity index (χ0n) is 21.8. The van der Waals surface area contributed by atoms with Gasteiger partial charge < -0.3 is 19.9 Å². The fourth-order valence-electron chi connectivity index (χ4n) is 4.38. The first-order chi connectivity index (χ1) is 18.4. The Kier molecular flexibility index (Phi) is 6.91. The van der Waals surface area contributed by atoms with Crippen molar-refractivity contribution in [3.63, 3.8) is 0 Å². The second kappa shape index (κ2) is 10.6. The van der Waals surface area contributed by atoms with Crippen LogP contribution in [0.4, 0.5) is 11.5 Å². The van der Waals surface area contributed by atoms with E-state index in [4.69, 9.17) is 4.74 Å². The van der Waals surface area contributed by atoms with Crippen LogP contribution in [-0.4, -0.2) is 27.5 Å². The van der Waals surface area contributed by atoms with Gasteiger partial charge in [-0.25, -0.2) is 9.97 Å². The summed E-state index contributed by atoms with van der Waals surface area (Å²) in [5, 5.41) is 6.08. The molecule has 0 aliphatic heterocycles. The lowest BCUT2D eigenvalue weighted by atomic mass is 10.1. The van der Waals surface area contributed by atoms with Crippen molar-refractivity contribution in [2.45, 2.75) is 20.8 Å². The molecule has 0 spiro atoms. The summed E-state index contributed by atoms with van der Waals surface area (Å²) in [7, 11) is 1.82. The molecule has 3 aromatic heterocycles. The maximum Gasteiger partial charge on any atom is 0.255 e. The lowest BCUT2D eigenvalue weighted by Gasteiger charge is -2.14. The van der Waals surface area contributed by atoms with Crippen molar-refractivity contribution in [2.24, 2.45) is 0 Å². The van der Waals surface area contributed by atoms with Gasteiger partial charge in [-0.3, -0.25) is 4.79 Å². The lowest BCUT2D eigenvalue weighted by molar-refractivity contribution is 0.102. The molecule has 7 nitrogen and oxygen atoms in total. The minimum Gasteiger partial charge on any atom is -0.438 e. The molecule has 2 aromatic carbocycles. The van der Waals surface area contributed by atoms with E-state index in [1.807, 2.05) is 68.6 Å². The van der Waals surface area contributed by atoms with Crippen molar-refractivity contribution < 1.29 is 9.53 Å². The maximum absolute atomic E-state index is 13.2. The molecule has 0 aliphatic carbocycles. The second-order valence-electron chi connectivity index (χ2n) is 9.07. The van der Waals surface area contributed by atoms with Crippen LogP contribution >= 0.6 is 0 Å². The number of benzene rings is 2. The first kappa shape index (κ1) is 24.8. The van der Waals surface area contributed by atoms with Gasteiger partial charge in [-0.1, -0.05) is 12.1 Å². The molecule has 0 aliphatic rings. The summed E-state index contributed by atoms with van der Waals surface area (Å²) in [6, 6.07) is 25.1. The Hall–Kier alpha value is -4.91. The molecule has 0 unspecified atom stereocenters. The Balaban J connectivity index is 1.40. The molecule has 190 valence electrons. The third-order valence-corrected chi connectivity index (χ3v) is 6.39. The Morgan fingerprint density at radius 3 is 2.45 bits per heavy atom. The van der Waals surface area contributed by atoms with E-state index in [0.717, 1.165) is 39.6 Å². The molecule has 0 saturated carbocycles. The van der Waals surface area contributed by atoms with Crippen molar-refractivity contribution in [3.8, 4) is 28.4 Å². The van der Waals surface area contributed by atoms with Crippen molar-refractivity contribution >= 4 is 17.4 Å². The number of aryl methyl sites for hydroxylation is 3. The van der Waals surface area contributed by atoms with Crippen molar-refractivity contribution in [1.29, 1.82) is 0 Å². The number of rotatable bonds is 7. The molecule has 38 heavy (non-hydrogen) atoms. The molecule has 0 saturated heterocycles. The van der Waals surface area contributed by atoms with Crippen LogP contribution in [0.3, 0.4) is 0 Å². The standard InChI is InChI=1S/C31H29N5O2/c1-20-10-13-24(30(37)35-25-7-5-8-26(19-25)36-21(2)11-12-22(36)3)17-28(20)38-31-27(9-6-15-34-31)23-14-16-33-29(18-23)32-4/h5-19H,1-4H3,(H,32,33)(H,35,37). The summed E-state index contributed by atoms with van der Waals surface area (Å²) in [6.45, 7) is 6.07. The topological polar surface area (TPSA) is 81.1 Å². The van der Waals surface area contributed by atoms with Gasteiger partial charge in [0.1, 0.15) is 11.6 Å². The summed E-state index contributed by atoms with van der Waals surface area (Å²) in [6.07, 6.45) is 3.42. The Labute approximate surface area is 222 Å². The molecule has 3 heterocycles. The quantitative estimate of drug-likeness (QED) is 0.251. The van der Waals surface area contributed by atoms with Crippen LogP contribution in [0.2, 0.25) is 0 Å². The van der Waals surface area contributed by atoms with Gasteiger partial charge >= 0.3 is 0 Å². The van der Waals surface area contributed by atoms with Gasteiger partial charge in [0, 0.05) is 53.3 Å². The van der Waals surface area contributed by atoms with Crippen LogP contribution in [0, 0.1) is 20.8 Å². The highest BCUT2D eigenvalue weighted by atomic mass is 16.5. The van der Waals surface area contributed by atoms with Gasteiger partial charge in [0.25, 0.3) is 5.91 Å². The number of amides is 1. The van der Waals surface area contributed by atoms with Crippen LogP contribution in [0.25, 0.3) is 16.8 Å². The number of pyridine rings is 2. The van der Waals surface area contributed by atoms with Crippen molar-refractivity contribution in [1.82, 2.24) is 14.5 Å².